The molecule has 0 spiro atoms. The minimum atomic E-state index is -0.0923. The molecular weight excluding hydrogens is 548 g/mol. The average Bonchev–Trinajstić information content (AvgIpc) is 3.75. The van der Waals surface area contributed by atoms with E-state index in [1.807, 2.05) is 6.07 Å². The van der Waals surface area contributed by atoms with E-state index >= 15 is 0 Å². The molecule has 0 fully saturated rings. The molecule has 1 aliphatic rings. The molecule has 6 aromatic carbocycles. The van der Waals surface area contributed by atoms with Gasteiger partial charge in [-0.1, -0.05) is 105 Å². The molecule has 4 heteroatoms. The van der Waals surface area contributed by atoms with Crippen LogP contribution >= 0.6 is 0 Å². The molecular formula is C41H30N4. The predicted octanol–water partition coefficient (Wildman–Crippen LogP) is 10.0. The third-order valence-corrected chi connectivity index (χ3v) is 9.48. The van der Waals surface area contributed by atoms with Crippen molar-refractivity contribution in [3.8, 4) is 45.3 Å². The van der Waals surface area contributed by atoms with Crippen LogP contribution in [-0.2, 0) is 5.41 Å². The highest BCUT2D eigenvalue weighted by atomic mass is 15.3. The summed E-state index contributed by atoms with van der Waals surface area (Å²) in [5, 5.41) is 12.1. The quantitative estimate of drug-likeness (QED) is 0.208. The monoisotopic (exact) mass is 578 g/mol. The molecule has 214 valence electrons. The molecule has 0 aliphatic heterocycles. The smallest absolute Gasteiger partial charge is 0.168 e. The second kappa shape index (κ2) is 9.63. The molecule has 0 saturated carbocycles. The van der Waals surface area contributed by atoms with Gasteiger partial charge >= 0.3 is 0 Å². The minimum absolute atomic E-state index is 0.0923. The third kappa shape index (κ3) is 3.79. The Morgan fingerprint density at radius 1 is 0.444 bits per heavy atom. The van der Waals surface area contributed by atoms with Crippen molar-refractivity contribution in [3.63, 3.8) is 0 Å². The average molecular weight is 579 g/mol. The fourth-order valence-corrected chi connectivity index (χ4v) is 7.28. The normalized spacial score (nSPS) is 13.3. The van der Waals surface area contributed by atoms with Crippen LogP contribution in [0.25, 0.3) is 67.1 Å². The van der Waals surface area contributed by atoms with Crippen LogP contribution in [0.5, 0.6) is 0 Å². The second-order valence-corrected chi connectivity index (χ2v) is 12.4. The lowest BCUT2D eigenvalue weighted by molar-refractivity contribution is 0.660. The van der Waals surface area contributed by atoms with Crippen molar-refractivity contribution in [2.45, 2.75) is 19.3 Å². The largest absolute Gasteiger partial charge is 0.309 e. The summed E-state index contributed by atoms with van der Waals surface area (Å²) in [6.07, 6.45) is 0. The molecule has 0 amide bonds. The highest BCUT2D eigenvalue weighted by Crippen LogP contribution is 2.49. The van der Waals surface area contributed by atoms with Crippen molar-refractivity contribution in [3.05, 3.63) is 157 Å². The van der Waals surface area contributed by atoms with Crippen LogP contribution in [0.1, 0.15) is 25.0 Å². The van der Waals surface area contributed by atoms with Crippen LogP contribution in [0.4, 0.5) is 0 Å². The third-order valence-electron chi connectivity index (χ3n) is 9.48. The highest BCUT2D eigenvalue weighted by molar-refractivity contribution is 6.09. The summed E-state index contributed by atoms with van der Waals surface area (Å²) < 4.78 is 4.53. The minimum Gasteiger partial charge on any atom is -0.309 e. The number of para-hydroxylation sites is 3. The lowest BCUT2D eigenvalue weighted by Gasteiger charge is -2.22. The molecule has 2 heterocycles. The predicted molar refractivity (Wildman–Crippen MR) is 184 cm³/mol. The van der Waals surface area contributed by atoms with Crippen LogP contribution in [0.15, 0.2) is 146 Å². The molecule has 0 saturated heterocycles. The summed E-state index contributed by atoms with van der Waals surface area (Å²) in [5.41, 5.74) is 11.8. The van der Waals surface area contributed by atoms with Crippen LogP contribution in [-0.4, -0.2) is 19.3 Å². The van der Waals surface area contributed by atoms with Gasteiger partial charge in [0.05, 0.1) is 11.0 Å². The Labute approximate surface area is 261 Å². The molecule has 0 unspecified atom stereocenters. The van der Waals surface area contributed by atoms with E-state index < -0.39 is 0 Å². The first-order valence-corrected chi connectivity index (χ1v) is 15.4. The van der Waals surface area contributed by atoms with E-state index in [0.717, 1.165) is 34.2 Å². The summed E-state index contributed by atoms with van der Waals surface area (Å²) >= 11 is 0. The van der Waals surface area contributed by atoms with Gasteiger partial charge in [-0.25, -0.2) is 0 Å². The molecule has 0 N–H and O–H groups in total. The van der Waals surface area contributed by atoms with Crippen molar-refractivity contribution >= 4 is 21.8 Å². The lowest BCUT2D eigenvalue weighted by Crippen LogP contribution is -2.15. The van der Waals surface area contributed by atoms with Gasteiger partial charge in [-0.3, -0.25) is 4.57 Å². The van der Waals surface area contributed by atoms with Crippen molar-refractivity contribution in [2.24, 2.45) is 0 Å². The summed E-state index contributed by atoms with van der Waals surface area (Å²) in [6, 6.07) is 51.8. The van der Waals surface area contributed by atoms with Crippen molar-refractivity contribution in [1.29, 1.82) is 0 Å². The number of rotatable bonds is 4. The first-order chi connectivity index (χ1) is 22.1. The maximum Gasteiger partial charge on any atom is 0.168 e. The van der Waals surface area contributed by atoms with Crippen molar-refractivity contribution < 1.29 is 0 Å². The van der Waals surface area contributed by atoms with E-state index in [4.69, 9.17) is 10.2 Å². The summed E-state index contributed by atoms with van der Waals surface area (Å²) in [6.45, 7) is 4.63. The van der Waals surface area contributed by atoms with Gasteiger partial charge < -0.3 is 4.57 Å². The Hall–Kier alpha value is -5.74. The van der Waals surface area contributed by atoms with E-state index in [1.165, 1.54) is 44.1 Å². The van der Waals surface area contributed by atoms with Gasteiger partial charge in [0.15, 0.2) is 11.6 Å². The van der Waals surface area contributed by atoms with Gasteiger partial charge in [0.1, 0.15) is 0 Å². The Kier molecular flexibility index (Phi) is 5.51. The molecule has 1 aliphatic carbocycles. The van der Waals surface area contributed by atoms with Crippen molar-refractivity contribution in [2.75, 3.05) is 0 Å². The lowest BCUT2D eigenvalue weighted by atomic mass is 9.82. The number of nitrogens with zero attached hydrogens (tertiary/aromatic N) is 4. The van der Waals surface area contributed by atoms with Crippen LogP contribution in [0, 0.1) is 0 Å². The Balaban J connectivity index is 1.18. The topological polar surface area (TPSA) is 35.6 Å². The Bertz CT molecular complexity index is 2340. The van der Waals surface area contributed by atoms with Gasteiger partial charge in [-0.2, -0.15) is 0 Å². The molecule has 0 atom stereocenters. The fourth-order valence-electron chi connectivity index (χ4n) is 7.28. The first-order valence-electron chi connectivity index (χ1n) is 15.4. The highest BCUT2D eigenvalue weighted by Gasteiger charge is 2.35. The van der Waals surface area contributed by atoms with E-state index in [0.29, 0.717) is 0 Å². The van der Waals surface area contributed by atoms with Gasteiger partial charge in [0, 0.05) is 38.7 Å². The second-order valence-electron chi connectivity index (χ2n) is 12.4. The van der Waals surface area contributed by atoms with E-state index in [2.05, 4.69) is 163 Å². The molecule has 4 nitrogen and oxygen atoms in total. The summed E-state index contributed by atoms with van der Waals surface area (Å²) in [7, 11) is 0. The summed E-state index contributed by atoms with van der Waals surface area (Å²) in [5.74, 6) is 1.64. The molecule has 9 rings (SSSR count). The molecule has 0 bridgehead atoms. The van der Waals surface area contributed by atoms with Gasteiger partial charge in [-0.05, 0) is 76.9 Å². The van der Waals surface area contributed by atoms with E-state index in [9.17, 15) is 0 Å². The number of fused-ring (bicyclic) bond motifs is 6. The standard InChI is InChI=1S/C41H30N4/c1-41(2)35-17-9-6-14-31(35)32-25-22-28(26-36(32)41)40-43-42-39(45(40)29-12-4-3-5-13-29)27-20-23-30(24-21-27)44-37-18-10-7-15-33(37)34-16-8-11-19-38(34)44/h3-26H,1-2H3. The number of hydrogen-bond donors (Lipinski definition) is 0. The Morgan fingerprint density at radius 2 is 0.978 bits per heavy atom. The van der Waals surface area contributed by atoms with Crippen LogP contribution < -0.4 is 0 Å². The van der Waals surface area contributed by atoms with E-state index in [1.54, 1.807) is 0 Å². The zero-order chi connectivity index (χ0) is 30.1. The molecule has 2 aromatic heterocycles. The van der Waals surface area contributed by atoms with Crippen molar-refractivity contribution in [1.82, 2.24) is 19.3 Å². The van der Waals surface area contributed by atoms with Crippen LogP contribution in [0.3, 0.4) is 0 Å². The van der Waals surface area contributed by atoms with Crippen LogP contribution in [0.2, 0.25) is 0 Å². The van der Waals surface area contributed by atoms with E-state index in [-0.39, 0.29) is 5.41 Å². The summed E-state index contributed by atoms with van der Waals surface area (Å²) in [4.78, 5) is 0. The zero-order valence-corrected chi connectivity index (χ0v) is 25.1. The molecule has 0 radical (unpaired) electrons. The maximum absolute atomic E-state index is 4.82. The Morgan fingerprint density at radius 3 is 1.69 bits per heavy atom. The van der Waals surface area contributed by atoms with Gasteiger partial charge in [0.25, 0.3) is 0 Å². The molecule has 8 aromatic rings. The number of aromatic nitrogens is 4. The van der Waals surface area contributed by atoms with Gasteiger partial charge in [0.2, 0.25) is 0 Å². The maximum atomic E-state index is 4.82. The van der Waals surface area contributed by atoms with Gasteiger partial charge in [-0.15, -0.1) is 10.2 Å². The molecule has 45 heavy (non-hydrogen) atoms. The number of benzene rings is 6. The zero-order valence-electron chi connectivity index (χ0n) is 25.1. The SMILES string of the molecule is CC1(C)c2ccccc2-c2ccc(-c3nnc(-c4ccc(-n5c6ccccc6c6ccccc65)cc4)n3-c3ccccc3)cc21. The number of hydrogen-bond acceptors (Lipinski definition) is 2. The fraction of sp³-hybridized carbons (Fsp3) is 0.0732. The first kappa shape index (κ1) is 25.7.